The Hall–Kier alpha value is -1.83. The normalized spacial score (nSPS) is 10.6. The van der Waals surface area contributed by atoms with Crippen LogP contribution in [0.1, 0.15) is 11.4 Å². The summed E-state index contributed by atoms with van der Waals surface area (Å²) in [6, 6.07) is 7.36. The van der Waals surface area contributed by atoms with Gasteiger partial charge in [0.1, 0.15) is 6.61 Å². The lowest BCUT2D eigenvalue weighted by atomic mass is 10.2. The highest BCUT2D eigenvalue weighted by Gasteiger charge is 2.13. The van der Waals surface area contributed by atoms with E-state index in [-0.39, 0.29) is 11.7 Å². The van der Waals surface area contributed by atoms with Crippen LogP contribution in [-0.2, 0) is 29.2 Å². The highest BCUT2D eigenvalue weighted by molar-refractivity contribution is 7.99. The van der Waals surface area contributed by atoms with E-state index in [1.165, 1.54) is 11.8 Å². The van der Waals surface area contributed by atoms with Crippen molar-refractivity contribution >= 4 is 29.3 Å². The molecule has 0 saturated heterocycles. The zero-order valence-electron chi connectivity index (χ0n) is 13.4. The molecule has 1 aromatic carbocycles. The Labute approximate surface area is 150 Å². The van der Waals surface area contributed by atoms with E-state index < -0.39 is 0 Å². The van der Waals surface area contributed by atoms with Gasteiger partial charge in [-0.25, -0.2) is 0 Å². The molecular weight excluding hydrogens is 348 g/mol. The number of ether oxygens (including phenoxy) is 1. The number of hydrogen-bond acceptors (Lipinski definition) is 5. The number of aromatic nitrogens is 3. The fraction of sp³-hybridized carbons (Fsp3) is 0.312. The number of carbonyl (C=O) groups excluding carboxylic acids is 1. The highest BCUT2D eigenvalue weighted by atomic mass is 35.5. The zero-order chi connectivity index (χ0) is 17.4. The summed E-state index contributed by atoms with van der Waals surface area (Å²) < 4.78 is 6.98. The molecule has 0 radical (unpaired) electrons. The molecule has 6 nitrogen and oxygen atoms in total. The lowest BCUT2D eigenvalue weighted by Gasteiger charge is -2.08. The second kappa shape index (κ2) is 9.46. The number of carbonyl (C=O) groups is 1. The number of nitrogens with zero attached hydrogens (tertiary/aromatic N) is 3. The zero-order valence-corrected chi connectivity index (χ0v) is 14.9. The van der Waals surface area contributed by atoms with Gasteiger partial charge in [0, 0.05) is 25.2 Å². The van der Waals surface area contributed by atoms with Crippen molar-refractivity contribution in [2.24, 2.45) is 0 Å². The standard InChI is InChI=1S/C16H19ClN4O2S/c1-3-8-21-14(10-23-2)19-20-16(21)24-11-15(22)18-9-12-4-6-13(17)7-5-12/h3-7H,1,8-11H2,2H3,(H,18,22). The van der Waals surface area contributed by atoms with E-state index in [0.29, 0.717) is 35.7 Å². The van der Waals surface area contributed by atoms with Crippen molar-refractivity contribution in [2.75, 3.05) is 12.9 Å². The van der Waals surface area contributed by atoms with Crippen LogP contribution in [0.4, 0.5) is 0 Å². The SMILES string of the molecule is C=CCn1c(COC)nnc1SCC(=O)NCc1ccc(Cl)cc1. The molecule has 0 aliphatic rings. The molecule has 0 unspecified atom stereocenters. The molecule has 1 amide bonds. The van der Waals surface area contributed by atoms with Crippen molar-refractivity contribution in [2.45, 2.75) is 24.9 Å². The Kier molecular flexibility index (Phi) is 7.30. The number of rotatable bonds is 9. The van der Waals surface area contributed by atoms with Crippen LogP contribution in [0, 0.1) is 0 Å². The third-order valence-electron chi connectivity index (χ3n) is 3.11. The summed E-state index contributed by atoms with van der Waals surface area (Å²) in [6.07, 6.45) is 1.76. The van der Waals surface area contributed by atoms with Gasteiger partial charge in [0.05, 0.1) is 5.75 Å². The van der Waals surface area contributed by atoms with Crippen LogP contribution in [0.25, 0.3) is 0 Å². The molecule has 1 N–H and O–H groups in total. The second-order valence-electron chi connectivity index (χ2n) is 4.92. The minimum atomic E-state index is -0.0728. The molecular formula is C16H19ClN4O2S. The van der Waals surface area contributed by atoms with Gasteiger partial charge >= 0.3 is 0 Å². The molecule has 8 heteroatoms. The maximum Gasteiger partial charge on any atom is 0.230 e. The average Bonchev–Trinajstić information content (AvgIpc) is 2.95. The summed E-state index contributed by atoms with van der Waals surface area (Å²) in [6.45, 7) is 5.13. The van der Waals surface area contributed by atoms with E-state index in [1.54, 1.807) is 25.3 Å². The van der Waals surface area contributed by atoms with Gasteiger partial charge in [-0.2, -0.15) is 0 Å². The molecule has 0 saturated carbocycles. The van der Waals surface area contributed by atoms with E-state index in [4.69, 9.17) is 16.3 Å². The van der Waals surface area contributed by atoms with Crippen molar-refractivity contribution < 1.29 is 9.53 Å². The molecule has 0 atom stereocenters. The Balaban J connectivity index is 1.87. The molecule has 1 aromatic heterocycles. The van der Waals surface area contributed by atoms with Crippen molar-refractivity contribution in [1.29, 1.82) is 0 Å². The third-order valence-corrected chi connectivity index (χ3v) is 4.33. The van der Waals surface area contributed by atoms with Gasteiger partial charge in [-0.3, -0.25) is 4.79 Å². The monoisotopic (exact) mass is 366 g/mol. The van der Waals surface area contributed by atoms with Crippen LogP contribution in [0.2, 0.25) is 5.02 Å². The van der Waals surface area contributed by atoms with Crippen LogP contribution >= 0.6 is 23.4 Å². The number of benzene rings is 1. The first kappa shape index (κ1) is 18.5. The number of amides is 1. The molecule has 24 heavy (non-hydrogen) atoms. The van der Waals surface area contributed by atoms with Crippen LogP contribution in [-0.4, -0.2) is 33.5 Å². The first-order valence-corrected chi connectivity index (χ1v) is 8.66. The van der Waals surface area contributed by atoms with Gasteiger partial charge < -0.3 is 14.6 Å². The second-order valence-corrected chi connectivity index (χ2v) is 6.30. The molecule has 0 aliphatic carbocycles. The molecule has 2 aromatic rings. The van der Waals surface area contributed by atoms with Crippen LogP contribution in [0.15, 0.2) is 42.1 Å². The van der Waals surface area contributed by atoms with Crippen molar-refractivity contribution in [3.63, 3.8) is 0 Å². The van der Waals surface area contributed by atoms with Crippen LogP contribution < -0.4 is 5.32 Å². The van der Waals surface area contributed by atoms with Gasteiger partial charge in [0.2, 0.25) is 5.91 Å². The van der Waals surface area contributed by atoms with Gasteiger partial charge in [0.25, 0.3) is 0 Å². The number of halogens is 1. The van der Waals surface area contributed by atoms with Gasteiger partial charge in [-0.1, -0.05) is 41.6 Å². The number of thioether (sulfide) groups is 1. The quantitative estimate of drug-likeness (QED) is 0.546. The van der Waals surface area contributed by atoms with Crippen molar-refractivity contribution in [1.82, 2.24) is 20.1 Å². The highest BCUT2D eigenvalue weighted by Crippen LogP contribution is 2.17. The molecule has 1 heterocycles. The van der Waals surface area contributed by atoms with E-state index in [9.17, 15) is 4.79 Å². The van der Waals surface area contributed by atoms with Crippen molar-refractivity contribution in [3.8, 4) is 0 Å². The smallest absolute Gasteiger partial charge is 0.230 e. The Morgan fingerprint density at radius 1 is 1.42 bits per heavy atom. The average molecular weight is 367 g/mol. The summed E-state index contributed by atoms with van der Waals surface area (Å²) in [4.78, 5) is 12.0. The number of allylic oxidation sites excluding steroid dienone is 1. The molecule has 2 rings (SSSR count). The van der Waals surface area contributed by atoms with Gasteiger partial charge in [-0.15, -0.1) is 16.8 Å². The lowest BCUT2D eigenvalue weighted by molar-refractivity contribution is -0.118. The predicted molar refractivity (Wildman–Crippen MR) is 95.0 cm³/mol. The summed E-state index contributed by atoms with van der Waals surface area (Å²) in [5.74, 6) is 0.897. The largest absolute Gasteiger partial charge is 0.377 e. The maximum absolute atomic E-state index is 12.0. The number of hydrogen-bond donors (Lipinski definition) is 1. The molecule has 128 valence electrons. The van der Waals surface area contributed by atoms with Crippen LogP contribution in [0.5, 0.6) is 0 Å². The van der Waals surface area contributed by atoms with E-state index in [1.807, 2.05) is 16.7 Å². The minimum absolute atomic E-state index is 0.0728. The summed E-state index contributed by atoms with van der Waals surface area (Å²) in [5, 5.41) is 12.4. The first-order chi connectivity index (χ1) is 11.6. The summed E-state index contributed by atoms with van der Waals surface area (Å²) in [5.41, 5.74) is 0.995. The maximum atomic E-state index is 12.0. The number of nitrogens with one attached hydrogen (secondary N) is 1. The molecule has 0 spiro atoms. The third kappa shape index (κ3) is 5.36. The van der Waals surface area contributed by atoms with E-state index in [2.05, 4.69) is 22.1 Å². The molecule has 0 fully saturated rings. The summed E-state index contributed by atoms with van der Waals surface area (Å²) in [7, 11) is 1.60. The topological polar surface area (TPSA) is 69.0 Å². The molecule has 0 aliphatic heterocycles. The first-order valence-electron chi connectivity index (χ1n) is 7.30. The fourth-order valence-corrected chi connectivity index (χ4v) is 2.88. The van der Waals surface area contributed by atoms with Gasteiger partial charge in [-0.05, 0) is 17.7 Å². The van der Waals surface area contributed by atoms with Crippen LogP contribution in [0.3, 0.4) is 0 Å². The predicted octanol–water partition coefficient (Wildman–Crippen LogP) is 2.67. The molecule has 0 bridgehead atoms. The fourth-order valence-electron chi connectivity index (χ4n) is 1.96. The summed E-state index contributed by atoms with van der Waals surface area (Å²) >= 11 is 7.17. The lowest BCUT2D eigenvalue weighted by Crippen LogP contribution is -2.24. The van der Waals surface area contributed by atoms with E-state index in [0.717, 1.165) is 5.56 Å². The Morgan fingerprint density at radius 3 is 2.83 bits per heavy atom. The minimum Gasteiger partial charge on any atom is -0.377 e. The van der Waals surface area contributed by atoms with Gasteiger partial charge in [0.15, 0.2) is 11.0 Å². The Bertz CT molecular complexity index is 688. The van der Waals surface area contributed by atoms with Crippen molar-refractivity contribution in [3.05, 3.63) is 53.3 Å². The number of methoxy groups -OCH3 is 1. The Morgan fingerprint density at radius 2 is 2.17 bits per heavy atom. The van der Waals surface area contributed by atoms with E-state index >= 15 is 0 Å².